The third-order valence-electron chi connectivity index (χ3n) is 4.81. The van der Waals surface area contributed by atoms with Crippen LogP contribution >= 0.6 is 0 Å². The van der Waals surface area contributed by atoms with Gasteiger partial charge < -0.3 is 10.2 Å². The summed E-state index contributed by atoms with van der Waals surface area (Å²) in [4.78, 5) is 18.3. The third-order valence-corrected chi connectivity index (χ3v) is 4.81. The first kappa shape index (κ1) is 17.4. The molecule has 6 nitrogen and oxygen atoms in total. The molecule has 0 unspecified atom stereocenters. The number of aromatic nitrogens is 3. The molecule has 3 heterocycles. The first-order chi connectivity index (χ1) is 13.1. The Hall–Kier alpha value is -3.03. The van der Waals surface area contributed by atoms with Crippen LogP contribution in [0.1, 0.15) is 37.8 Å². The number of rotatable bonds is 4. The van der Waals surface area contributed by atoms with Crippen LogP contribution in [-0.4, -0.2) is 27.0 Å². The van der Waals surface area contributed by atoms with Crippen LogP contribution in [0.4, 0.5) is 20.3 Å². The molecule has 8 heteroatoms. The van der Waals surface area contributed by atoms with Gasteiger partial charge in [-0.1, -0.05) is 6.92 Å². The van der Waals surface area contributed by atoms with Crippen LogP contribution in [0.2, 0.25) is 0 Å². The highest BCUT2D eigenvalue weighted by molar-refractivity contribution is 5.94. The van der Waals surface area contributed by atoms with Crippen molar-refractivity contribution in [3.05, 3.63) is 53.9 Å². The molecule has 0 saturated carbocycles. The van der Waals surface area contributed by atoms with Gasteiger partial charge in [-0.15, -0.1) is 0 Å². The van der Waals surface area contributed by atoms with E-state index in [-0.39, 0.29) is 11.9 Å². The van der Waals surface area contributed by atoms with Crippen LogP contribution < -0.4 is 10.2 Å². The molecule has 1 fully saturated rings. The first-order valence-corrected chi connectivity index (χ1v) is 8.92. The molecule has 1 aliphatic heterocycles. The van der Waals surface area contributed by atoms with E-state index in [4.69, 9.17) is 0 Å². The van der Waals surface area contributed by atoms with Crippen LogP contribution in [-0.2, 0) is 4.79 Å². The van der Waals surface area contributed by atoms with E-state index in [1.165, 1.54) is 6.07 Å². The van der Waals surface area contributed by atoms with Crippen LogP contribution in [0.5, 0.6) is 0 Å². The first-order valence-electron chi connectivity index (χ1n) is 8.92. The highest BCUT2D eigenvalue weighted by Gasteiger charge is 2.30. The van der Waals surface area contributed by atoms with Gasteiger partial charge in [-0.25, -0.2) is 18.3 Å². The van der Waals surface area contributed by atoms with Gasteiger partial charge in [0, 0.05) is 24.7 Å². The van der Waals surface area contributed by atoms with E-state index in [0.29, 0.717) is 42.1 Å². The van der Waals surface area contributed by atoms with Crippen LogP contribution in [0.15, 0.2) is 36.7 Å². The molecule has 0 radical (unpaired) electrons. The molecular weight excluding hydrogens is 352 g/mol. The zero-order chi connectivity index (χ0) is 19.0. The third kappa shape index (κ3) is 3.22. The molecule has 3 aromatic rings. The summed E-state index contributed by atoms with van der Waals surface area (Å²) in [5, 5.41) is 6.97. The van der Waals surface area contributed by atoms with Crippen molar-refractivity contribution in [2.24, 2.45) is 0 Å². The Bertz CT molecular complexity index is 1000. The lowest BCUT2D eigenvalue weighted by molar-refractivity contribution is -0.115. The molecule has 1 aliphatic rings. The summed E-state index contributed by atoms with van der Waals surface area (Å²) in [7, 11) is 0. The van der Waals surface area contributed by atoms with E-state index in [2.05, 4.69) is 15.4 Å². The van der Waals surface area contributed by atoms with Crippen molar-refractivity contribution in [2.75, 3.05) is 16.8 Å². The lowest BCUT2D eigenvalue weighted by Crippen LogP contribution is -2.24. The lowest BCUT2D eigenvalue weighted by Gasteiger charge is -2.26. The van der Waals surface area contributed by atoms with E-state index < -0.39 is 11.6 Å². The molecule has 140 valence electrons. The summed E-state index contributed by atoms with van der Waals surface area (Å²) in [6.07, 6.45) is 5.21. The topological polar surface area (TPSA) is 62.5 Å². The van der Waals surface area contributed by atoms with Crippen LogP contribution in [0, 0.1) is 11.6 Å². The lowest BCUT2D eigenvalue weighted by atomic mass is 10.0. The van der Waals surface area contributed by atoms with Gasteiger partial charge in [-0.2, -0.15) is 5.10 Å². The number of halogens is 2. The van der Waals surface area contributed by atoms with E-state index in [1.54, 1.807) is 29.9 Å². The van der Waals surface area contributed by atoms with Gasteiger partial charge in [0.1, 0.15) is 23.1 Å². The quantitative estimate of drug-likeness (QED) is 0.760. The monoisotopic (exact) mass is 371 g/mol. The van der Waals surface area contributed by atoms with Crippen molar-refractivity contribution in [3.63, 3.8) is 0 Å². The maximum absolute atomic E-state index is 14.3. The molecule has 4 rings (SSSR count). The van der Waals surface area contributed by atoms with Crippen molar-refractivity contribution in [1.82, 2.24) is 14.6 Å². The Balaban J connectivity index is 1.71. The van der Waals surface area contributed by atoms with Crippen molar-refractivity contribution in [3.8, 4) is 0 Å². The maximum atomic E-state index is 14.3. The average molecular weight is 371 g/mol. The Morgan fingerprint density at radius 3 is 3.00 bits per heavy atom. The van der Waals surface area contributed by atoms with Gasteiger partial charge in [0.15, 0.2) is 5.65 Å². The van der Waals surface area contributed by atoms with E-state index >= 15 is 0 Å². The Morgan fingerprint density at radius 2 is 2.19 bits per heavy atom. The second-order valence-corrected chi connectivity index (χ2v) is 6.53. The second-order valence-electron chi connectivity index (χ2n) is 6.53. The number of benzene rings is 1. The molecule has 1 aromatic carbocycles. The summed E-state index contributed by atoms with van der Waals surface area (Å²) >= 11 is 0. The SMILES string of the molecule is CCC(=O)Nc1cnn2ccc(N3CCC[C@@H]3c3cc(F)ccc3F)nc12. The predicted molar refractivity (Wildman–Crippen MR) is 97.6 cm³/mol. The molecule has 1 saturated heterocycles. The summed E-state index contributed by atoms with van der Waals surface area (Å²) < 4.78 is 29.5. The van der Waals surface area contributed by atoms with Crippen molar-refractivity contribution >= 4 is 23.1 Å². The van der Waals surface area contributed by atoms with E-state index in [9.17, 15) is 13.6 Å². The van der Waals surface area contributed by atoms with Gasteiger partial charge in [0.05, 0.1) is 12.2 Å². The number of nitrogens with zero attached hydrogens (tertiary/aromatic N) is 4. The van der Waals surface area contributed by atoms with Crippen molar-refractivity contribution in [1.29, 1.82) is 0 Å². The van der Waals surface area contributed by atoms with Gasteiger partial charge >= 0.3 is 0 Å². The predicted octanol–water partition coefficient (Wildman–Crippen LogP) is 3.70. The smallest absolute Gasteiger partial charge is 0.224 e. The number of nitrogens with one attached hydrogen (secondary N) is 1. The summed E-state index contributed by atoms with van der Waals surface area (Å²) in [5.41, 5.74) is 1.37. The number of amides is 1. The zero-order valence-corrected chi connectivity index (χ0v) is 14.8. The van der Waals surface area contributed by atoms with Gasteiger partial charge in [-0.3, -0.25) is 4.79 Å². The van der Waals surface area contributed by atoms with E-state index in [0.717, 1.165) is 18.6 Å². The van der Waals surface area contributed by atoms with Gasteiger partial charge in [0.25, 0.3) is 0 Å². The highest BCUT2D eigenvalue weighted by Crippen LogP contribution is 2.37. The van der Waals surface area contributed by atoms with Crippen molar-refractivity contribution < 1.29 is 13.6 Å². The standard InChI is InChI=1S/C19H19F2N5O/c1-2-18(27)23-15-11-22-26-9-7-17(24-19(15)26)25-8-3-4-16(25)13-10-12(20)5-6-14(13)21/h5-7,9-11,16H,2-4,8H2,1H3,(H,23,27)/t16-/m1/s1. The van der Waals surface area contributed by atoms with Gasteiger partial charge in [0.2, 0.25) is 5.91 Å². The van der Waals surface area contributed by atoms with E-state index in [1.807, 2.05) is 4.90 Å². The number of anilines is 2. The number of hydrogen-bond acceptors (Lipinski definition) is 4. The molecule has 0 bridgehead atoms. The minimum absolute atomic E-state index is 0.127. The zero-order valence-electron chi connectivity index (χ0n) is 14.8. The fourth-order valence-corrected chi connectivity index (χ4v) is 3.48. The molecule has 0 spiro atoms. The Kier molecular flexibility index (Phi) is 4.47. The molecule has 27 heavy (non-hydrogen) atoms. The molecule has 0 aliphatic carbocycles. The Labute approximate surface area is 154 Å². The summed E-state index contributed by atoms with van der Waals surface area (Å²) in [6.45, 7) is 2.46. The molecule has 1 N–H and O–H groups in total. The summed E-state index contributed by atoms with van der Waals surface area (Å²) in [6, 6.07) is 5.04. The number of carbonyl (C=O) groups is 1. The maximum Gasteiger partial charge on any atom is 0.224 e. The number of fused-ring (bicyclic) bond motifs is 1. The number of carbonyl (C=O) groups excluding carboxylic acids is 1. The largest absolute Gasteiger partial charge is 0.349 e. The van der Waals surface area contributed by atoms with Crippen LogP contribution in [0.3, 0.4) is 0 Å². The second kappa shape index (κ2) is 6.94. The molecule has 1 amide bonds. The summed E-state index contributed by atoms with van der Waals surface area (Å²) in [5.74, 6) is -0.365. The minimum Gasteiger partial charge on any atom is -0.349 e. The molecule has 2 aromatic heterocycles. The molecule has 1 atom stereocenters. The fraction of sp³-hybridized carbons (Fsp3) is 0.316. The fourth-order valence-electron chi connectivity index (χ4n) is 3.48. The minimum atomic E-state index is -0.456. The highest BCUT2D eigenvalue weighted by atomic mass is 19.1. The average Bonchev–Trinajstić information content (AvgIpc) is 3.30. The Morgan fingerprint density at radius 1 is 1.33 bits per heavy atom. The number of hydrogen-bond donors (Lipinski definition) is 1. The van der Waals surface area contributed by atoms with Gasteiger partial charge in [-0.05, 0) is 37.1 Å². The normalized spacial score (nSPS) is 16.9. The van der Waals surface area contributed by atoms with Crippen molar-refractivity contribution in [2.45, 2.75) is 32.2 Å². The molecular formula is C19H19F2N5O. The van der Waals surface area contributed by atoms with Crippen LogP contribution in [0.25, 0.3) is 5.65 Å².